The molecule has 2 amide bonds. The normalized spacial score (nSPS) is 10.4. The molecule has 0 saturated heterocycles. The van der Waals surface area contributed by atoms with Crippen molar-refractivity contribution in [2.45, 2.75) is 0 Å². The molecular weight excluding hydrogens is 298 g/mol. The lowest BCUT2D eigenvalue weighted by Gasteiger charge is -2.12. The van der Waals surface area contributed by atoms with E-state index in [1.54, 1.807) is 24.3 Å². The molecule has 0 aliphatic carbocycles. The minimum Gasteiger partial charge on any atom is -0.506 e. The first-order valence-electron chi connectivity index (χ1n) is 5.93. The van der Waals surface area contributed by atoms with Crippen molar-refractivity contribution in [3.63, 3.8) is 0 Å². The van der Waals surface area contributed by atoms with E-state index >= 15 is 0 Å². The highest BCUT2D eigenvalue weighted by atomic mass is 35.5. The highest BCUT2D eigenvalue weighted by molar-refractivity contribution is 6.27. The lowest BCUT2D eigenvalue weighted by atomic mass is 10.1. The zero-order chi connectivity index (χ0) is 15.6. The number of carbonyl (C=O) groups is 2. The first-order chi connectivity index (χ1) is 9.97. The zero-order valence-electron chi connectivity index (χ0n) is 11.0. The Kier molecular flexibility index (Phi) is 4.13. The number of hydrogen-bond acceptors (Lipinski definition) is 4. The minimum atomic E-state index is -0.919. The number of hydrogen-bond donors (Lipinski definition) is 3. The zero-order valence-corrected chi connectivity index (χ0v) is 11.8. The SMILES string of the molecule is Cn1c(=O)c(C(=O)NNC(=O)CCl)c(O)c2ccccc21. The number of alkyl halides is 1. The molecule has 0 aliphatic heterocycles. The van der Waals surface area contributed by atoms with E-state index in [2.05, 4.69) is 0 Å². The maximum absolute atomic E-state index is 12.2. The molecule has 0 unspecified atom stereocenters. The molecule has 2 rings (SSSR count). The first-order valence-corrected chi connectivity index (χ1v) is 6.46. The molecule has 0 saturated carbocycles. The van der Waals surface area contributed by atoms with Crippen molar-refractivity contribution < 1.29 is 14.7 Å². The van der Waals surface area contributed by atoms with Crippen molar-refractivity contribution in [1.29, 1.82) is 0 Å². The van der Waals surface area contributed by atoms with Gasteiger partial charge in [0.25, 0.3) is 17.4 Å². The molecule has 1 aromatic carbocycles. The van der Waals surface area contributed by atoms with Gasteiger partial charge in [-0.15, -0.1) is 11.6 Å². The molecule has 0 bridgehead atoms. The summed E-state index contributed by atoms with van der Waals surface area (Å²) in [5.41, 5.74) is 3.41. The molecule has 21 heavy (non-hydrogen) atoms. The van der Waals surface area contributed by atoms with Gasteiger partial charge in [-0.2, -0.15) is 0 Å². The number of halogens is 1. The third-order valence-corrected chi connectivity index (χ3v) is 3.18. The molecule has 0 spiro atoms. The number of nitrogens with zero attached hydrogens (tertiary/aromatic N) is 1. The second-order valence-electron chi connectivity index (χ2n) is 4.24. The number of aromatic nitrogens is 1. The number of para-hydroxylation sites is 1. The second kappa shape index (κ2) is 5.84. The van der Waals surface area contributed by atoms with E-state index in [0.717, 1.165) is 0 Å². The summed E-state index contributed by atoms with van der Waals surface area (Å²) >= 11 is 5.27. The molecule has 8 heteroatoms. The molecule has 3 N–H and O–H groups in total. The van der Waals surface area contributed by atoms with Gasteiger partial charge in [0.2, 0.25) is 0 Å². The third kappa shape index (κ3) is 2.68. The lowest BCUT2D eigenvalue weighted by molar-refractivity contribution is -0.119. The number of nitrogens with one attached hydrogen (secondary N) is 2. The number of aryl methyl sites for hydroxylation is 1. The Bertz CT molecular complexity index is 785. The number of carbonyl (C=O) groups excluding carboxylic acids is 2. The van der Waals surface area contributed by atoms with Crippen molar-refractivity contribution >= 4 is 34.3 Å². The smallest absolute Gasteiger partial charge is 0.279 e. The summed E-state index contributed by atoms with van der Waals surface area (Å²) in [5.74, 6) is -2.34. The van der Waals surface area contributed by atoms with Crippen LogP contribution in [0.15, 0.2) is 29.1 Å². The molecule has 110 valence electrons. The third-order valence-electron chi connectivity index (χ3n) is 2.94. The molecular formula is C13H12ClN3O4. The van der Waals surface area contributed by atoms with Gasteiger partial charge >= 0.3 is 0 Å². The Hall–Kier alpha value is -2.54. The average Bonchev–Trinajstić information content (AvgIpc) is 2.50. The van der Waals surface area contributed by atoms with Crippen LogP contribution in [0.2, 0.25) is 0 Å². The Morgan fingerprint density at radius 2 is 1.95 bits per heavy atom. The van der Waals surface area contributed by atoms with Crippen LogP contribution in [0.4, 0.5) is 0 Å². The number of rotatable bonds is 2. The molecule has 0 radical (unpaired) electrons. The Balaban J connectivity index is 2.52. The van der Waals surface area contributed by atoms with Crippen molar-refractivity contribution in [2.24, 2.45) is 7.05 Å². The van der Waals surface area contributed by atoms with E-state index in [4.69, 9.17) is 11.6 Å². The fourth-order valence-electron chi connectivity index (χ4n) is 1.91. The number of hydrazine groups is 1. The highest BCUT2D eigenvalue weighted by Crippen LogP contribution is 2.25. The van der Waals surface area contributed by atoms with Crippen LogP contribution in [-0.4, -0.2) is 27.4 Å². The number of fused-ring (bicyclic) bond motifs is 1. The van der Waals surface area contributed by atoms with Gasteiger partial charge in [0, 0.05) is 12.4 Å². The van der Waals surface area contributed by atoms with Crippen LogP contribution in [0.5, 0.6) is 5.75 Å². The Labute approximate surface area is 124 Å². The average molecular weight is 310 g/mol. The van der Waals surface area contributed by atoms with E-state index in [0.29, 0.717) is 10.9 Å². The summed E-state index contributed by atoms with van der Waals surface area (Å²) in [6.45, 7) is 0. The summed E-state index contributed by atoms with van der Waals surface area (Å²) in [6.07, 6.45) is 0. The number of amides is 2. The van der Waals surface area contributed by atoms with Crippen LogP contribution in [-0.2, 0) is 11.8 Å². The van der Waals surface area contributed by atoms with E-state index < -0.39 is 28.7 Å². The van der Waals surface area contributed by atoms with Crippen molar-refractivity contribution in [3.05, 3.63) is 40.2 Å². The van der Waals surface area contributed by atoms with Gasteiger partial charge in [-0.05, 0) is 12.1 Å². The molecule has 0 aliphatic rings. The fourth-order valence-corrected chi connectivity index (χ4v) is 1.97. The Morgan fingerprint density at radius 3 is 2.62 bits per heavy atom. The number of aromatic hydroxyl groups is 1. The van der Waals surface area contributed by atoms with Crippen molar-refractivity contribution in [1.82, 2.24) is 15.4 Å². The molecule has 0 fully saturated rings. The van der Waals surface area contributed by atoms with Gasteiger partial charge in [0.1, 0.15) is 17.2 Å². The van der Waals surface area contributed by atoms with E-state index in [9.17, 15) is 19.5 Å². The van der Waals surface area contributed by atoms with Crippen LogP contribution in [0.1, 0.15) is 10.4 Å². The molecule has 7 nitrogen and oxygen atoms in total. The van der Waals surface area contributed by atoms with Crippen molar-refractivity contribution in [2.75, 3.05) is 5.88 Å². The largest absolute Gasteiger partial charge is 0.506 e. The van der Waals surface area contributed by atoms with Gasteiger partial charge in [0.15, 0.2) is 0 Å². The summed E-state index contributed by atoms with van der Waals surface area (Å²) in [7, 11) is 1.48. The molecule has 0 atom stereocenters. The van der Waals surface area contributed by atoms with E-state index in [1.807, 2.05) is 10.9 Å². The lowest BCUT2D eigenvalue weighted by Crippen LogP contribution is -2.44. The topological polar surface area (TPSA) is 100 Å². The maximum atomic E-state index is 12.2. The molecule has 2 aromatic rings. The van der Waals surface area contributed by atoms with Crippen LogP contribution in [0.25, 0.3) is 10.9 Å². The Morgan fingerprint density at radius 1 is 1.29 bits per heavy atom. The van der Waals surface area contributed by atoms with E-state index in [1.165, 1.54) is 11.6 Å². The van der Waals surface area contributed by atoms with Gasteiger partial charge in [-0.1, -0.05) is 12.1 Å². The van der Waals surface area contributed by atoms with Crippen LogP contribution < -0.4 is 16.4 Å². The summed E-state index contributed by atoms with van der Waals surface area (Å²) in [5, 5.41) is 10.5. The van der Waals surface area contributed by atoms with E-state index in [-0.39, 0.29) is 5.88 Å². The second-order valence-corrected chi connectivity index (χ2v) is 4.51. The van der Waals surface area contributed by atoms with Gasteiger partial charge in [0.05, 0.1) is 5.52 Å². The van der Waals surface area contributed by atoms with Gasteiger partial charge < -0.3 is 9.67 Å². The summed E-state index contributed by atoms with van der Waals surface area (Å²) in [6, 6.07) is 6.61. The van der Waals surface area contributed by atoms with Gasteiger partial charge in [-0.25, -0.2) is 0 Å². The minimum absolute atomic E-state index is 0.345. The quantitative estimate of drug-likeness (QED) is 0.546. The van der Waals surface area contributed by atoms with Crippen molar-refractivity contribution in [3.8, 4) is 5.75 Å². The first kappa shape index (κ1) is 14.9. The summed E-state index contributed by atoms with van der Waals surface area (Å²) < 4.78 is 1.24. The monoisotopic (exact) mass is 309 g/mol. The molecule has 1 aromatic heterocycles. The predicted octanol–water partition coefficient (Wildman–Crippen LogP) is 0.244. The van der Waals surface area contributed by atoms with Gasteiger partial charge in [-0.3, -0.25) is 25.2 Å². The number of pyridine rings is 1. The van der Waals surface area contributed by atoms with Crippen LogP contribution >= 0.6 is 11.6 Å². The molecule has 1 heterocycles. The fraction of sp³-hybridized carbons (Fsp3) is 0.154. The maximum Gasteiger partial charge on any atom is 0.279 e. The standard InChI is InChI=1S/C13H12ClN3O4/c1-17-8-5-3-2-4-7(8)11(19)10(13(17)21)12(20)16-15-9(18)6-14/h2-5,19H,6H2,1H3,(H,15,18)(H,16,20). The number of benzene rings is 1. The van der Waals surface area contributed by atoms with Crippen LogP contribution in [0.3, 0.4) is 0 Å². The highest BCUT2D eigenvalue weighted by Gasteiger charge is 2.21. The predicted molar refractivity (Wildman–Crippen MR) is 77.2 cm³/mol. The summed E-state index contributed by atoms with van der Waals surface area (Å²) in [4.78, 5) is 35.1. The van der Waals surface area contributed by atoms with Crippen LogP contribution in [0, 0.1) is 0 Å².